The van der Waals surface area contributed by atoms with Crippen molar-refractivity contribution < 1.29 is 9.90 Å². The van der Waals surface area contributed by atoms with Gasteiger partial charge < -0.3 is 5.11 Å². The van der Waals surface area contributed by atoms with Crippen molar-refractivity contribution >= 4 is 5.97 Å². The number of rotatable bonds is 4. The maximum Gasteiger partial charge on any atom is 0.330 e. The second-order valence-electron chi connectivity index (χ2n) is 5.88. The summed E-state index contributed by atoms with van der Waals surface area (Å²) in [6.07, 6.45) is 7.74. The highest BCUT2D eigenvalue weighted by Gasteiger charge is 2.49. The fourth-order valence-electron chi connectivity index (χ4n) is 3.65. The van der Waals surface area contributed by atoms with Gasteiger partial charge in [0.1, 0.15) is 0 Å². The van der Waals surface area contributed by atoms with Crippen LogP contribution in [0.4, 0.5) is 0 Å². The van der Waals surface area contributed by atoms with Gasteiger partial charge >= 0.3 is 5.97 Å². The molecule has 17 heavy (non-hydrogen) atoms. The van der Waals surface area contributed by atoms with Crippen LogP contribution in [0, 0.1) is 17.3 Å². The van der Waals surface area contributed by atoms with Crippen molar-refractivity contribution in [3.8, 4) is 0 Å². The van der Waals surface area contributed by atoms with Gasteiger partial charge in [-0.05, 0) is 56.3 Å². The van der Waals surface area contributed by atoms with Gasteiger partial charge in [0.25, 0.3) is 0 Å². The molecule has 0 radical (unpaired) electrons. The molecular weight excluding hydrogens is 212 g/mol. The molecule has 2 heteroatoms. The highest BCUT2D eigenvalue weighted by Crippen LogP contribution is 2.60. The Bertz CT molecular complexity index is 380. The van der Waals surface area contributed by atoms with Gasteiger partial charge in [-0.15, -0.1) is 0 Å². The molecule has 0 heterocycles. The van der Waals surface area contributed by atoms with Crippen LogP contribution in [0.15, 0.2) is 23.8 Å². The molecule has 2 bridgehead atoms. The largest absolute Gasteiger partial charge is 0.478 e. The number of allylic oxidation sites excluding steroid dienone is 2. The van der Waals surface area contributed by atoms with E-state index >= 15 is 0 Å². The Morgan fingerprint density at radius 1 is 1.59 bits per heavy atom. The van der Waals surface area contributed by atoms with E-state index in [1.165, 1.54) is 24.8 Å². The van der Waals surface area contributed by atoms with Crippen LogP contribution in [0.25, 0.3) is 0 Å². The summed E-state index contributed by atoms with van der Waals surface area (Å²) < 4.78 is 0. The van der Waals surface area contributed by atoms with Crippen molar-refractivity contribution in [1.29, 1.82) is 0 Å². The number of aliphatic carboxylic acids is 1. The van der Waals surface area contributed by atoms with Gasteiger partial charge in [-0.25, -0.2) is 4.79 Å². The van der Waals surface area contributed by atoms with E-state index in [0.29, 0.717) is 5.57 Å². The van der Waals surface area contributed by atoms with Crippen molar-refractivity contribution in [2.75, 3.05) is 0 Å². The molecule has 0 aliphatic heterocycles. The van der Waals surface area contributed by atoms with Gasteiger partial charge in [-0.2, -0.15) is 0 Å². The standard InChI is InChI=1S/C15H22O2/c1-10(14(16)17)5-4-8-15(3)11(2)12-6-7-13(15)9-12/h5,12-13H,2,4,6-9H2,1,3H3,(H,16,17)/b10-5-/t12-,13+,15-/m0/s1. The Morgan fingerprint density at radius 2 is 2.29 bits per heavy atom. The minimum absolute atomic E-state index is 0.262. The summed E-state index contributed by atoms with van der Waals surface area (Å²) in [7, 11) is 0. The summed E-state index contributed by atoms with van der Waals surface area (Å²) in [6.45, 7) is 8.28. The molecule has 2 rings (SSSR count). The number of carbonyl (C=O) groups is 1. The lowest BCUT2D eigenvalue weighted by Gasteiger charge is -2.36. The average molecular weight is 234 g/mol. The smallest absolute Gasteiger partial charge is 0.330 e. The fraction of sp³-hybridized carbons (Fsp3) is 0.667. The van der Waals surface area contributed by atoms with E-state index < -0.39 is 5.97 Å². The van der Waals surface area contributed by atoms with Crippen LogP contribution in [0.1, 0.15) is 46.0 Å². The summed E-state index contributed by atoms with van der Waals surface area (Å²) in [6, 6.07) is 0. The first-order valence-corrected chi connectivity index (χ1v) is 6.54. The summed E-state index contributed by atoms with van der Waals surface area (Å²) in [5, 5.41) is 8.81. The molecule has 1 N–H and O–H groups in total. The molecule has 2 nitrogen and oxygen atoms in total. The normalized spacial score (nSPS) is 36.6. The molecule has 0 saturated heterocycles. The lowest BCUT2D eigenvalue weighted by Crippen LogP contribution is -2.26. The van der Waals surface area contributed by atoms with Crippen LogP contribution in [-0.2, 0) is 4.79 Å². The van der Waals surface area contributed by atoms with Crippen molar-refractivity contribution in [3.05, 3.63) is 23.8 Å². The van der Waals surface area contributed by atoms with Crippen molar-refractivity contribution in [3.63, 3.8) is 0 Å². The summed E-state index contributed by atoms with van der Waals surface area (Å²) in [5.74, 6) is 0.731. The highest BCUT2D eigenvalue weighted by atomic mass is 16.4. The minimum Gasteiger partial charge on any atom is -0.478 e. The van der Waals surface area contributed by atoms with Gasteiger partial charge in [0.15, 0.2) is 0 Å². The maximum absolute atomic E-state index is 10.7. The molecule has 94 valence electrons. The first-order chi connectivity index (χ1) is 7.95. The average Bonchev–Trinajstić information content (AvgIpc) is 2.83. The first-order valence-electron chi connectivity index (χ1n) is 6.54. The number of carboxylic acid groups (broad SMARTS) is 1. The second-order valence-corrected chi connectivity index (χ2v) is 5.88. The fourth-order valence-corrected chi connectivity index (χ4v) is 3.65. The molecule has 0 spiro atoms. The van der Waals surface area contributed by atoms with E-state index in [9.17, 15) is 4.79 Å². The zero-order valence-electron chi connectivity index (χ0n) is 10.8. The lowest BCUT2D eigenvalue weighted by molar-refractivity contribution is -0.132. The van der Waals surface area contributed by atoms with Gasteiger partial charge in [0, 0.05) is 5.57 Å². The molecule has 3 atom stereocenters. The van der Waals surface area contributed by atoms with Crippen LogP contribution < -0.4 is 0 Å². The Labute approximate surface area is 103 Å². The molecule has 2 saturated carbocycles. The van der Waals surface area contributed by atoms with Crippen LogP contribution >= 0.6 is 0 Å². The summed E-state index contributed by atoms with van der Waals surface area (Å²) in [4.78, 5) is 10.7. The number of hydrogen-bond acceptors (Lipinski definition) is 1. The molecule has 0 unspecified atom stereocenters. The van der Waals surface area contributed by atoms with Gasteiger partial charge in [0.05, 0.1) is 0 Å². The maximum atomic E-state index is 10.7. The highest BCUT2D eigenvalue weighted by molar-refractivity contribution is 5.85. The number of hydrogen-bond donors (Lipinski definition) is 1. The third-order valence-electron chi connectivity index (χ3n) is 5.01. The number of fused-ring (bicyclic) bond motifs is 2. The van der Waals surface area contributed by atoms with Crippen molar-refractivity contribution in [2.24, 2.45) is 17.3 Å². The van der Waals surface area contributed by atoms with Crippen LogP contribution in [-0.4, -0.2) is 11.1 Å². The monoisotopic (exact) mass is 234 g/mol. The zero-order chi connectivity index (χ0) is 12.6. The van der Waals surface area contributed by atoms with Crippen LogP contribution in [0.2, 0.25) is 0 Å². The molecule has 2 aliphatic rings. The van der Waals surface area contributed by atoms with E-state index in [-0.39, 0.29) is 5.41 Å². The number of carboxylic acids is 1. The zero-order valence-corrected chi connectivity index (χ0v) is 10.8. The minimum atomic E-state index is -0.804. The van der Waals surface area contributed by atoms with Crippen molar-refractivity contribution in [1.82, 2.24) is 0 Å². The first kappa shape index (κ1) is 12.4. The van der Waals surface area contributed by atoms with Gasteiger partial charge in [-0.1, -0.05) is 25.2 Å². The molecule has 0 aromatic heterocycles. The van der Waals surface area contributed by atoms with Gasteiger partial charge in [-0.3, -0.25) is 0 Å². The Balaban J connectivity index is 1.97. The third kappa shape index (κ3) is 2.05. The Kier molecular flexibility index (Phi) is 3.15. The van der Waals surface area contributed by atoms with Crippen molar-refractivity contribution in [2.45, 2.75) is 46.0 Å². The van der Waals surface area contributed by atoms with E-state index in [0.717, 1.165) is 24.7 Å². The lowest BCUT2D eigenvalue weighted by atomic mass is 9.69. The molecule has 2 aliphatic carbocycles. The predicted molar refractivity (Wildman–Crippen MR) is 68.7 cm³/mol. The quantitative estimate of drug-likeness (QED) is 0.593. The summed E-state index contributed by atoms with van der Waals surface area (Å²) >= 11 is 0. The molecule has 0 aromatic rings. The van der Waals surface area contributed by atoms with Crippen LogP contribution in [0.5, 0.6) is 0 Å². The second kappa shape index (κ2) is 4.32. The van der Waals surface area contributed by atoms with Crippen LogP contribution in [0.3, 0.4) is 0 Å². The van der Waals surface area contributed by atoms with E-state index in [4.69, 9.17) is 5.11 Å². The molecule has 2 fully saturated rings. The van der Waals surface area contributed by atoms with E-state index in [1.807, 2.05) is 6.08 Å². The van der Waals surface area contributed by atoms with E-state index in [2.05, 4.69) is 13.5 Å². The molecule has 0 amide bonds. The Hall–Kier alpha value is -1.05. The third-order valence-corrected chi connectivity index (χ3v) is 5.01. The van der Waals surface area contributed by atoms with Gasteiger partial charge in [0.2, 0.25) is 0 Å². The summed E-state index contributed by atoms with van der Waals surface area (Å²) in [5.41, 5.74) is 2.15. The molecular formula is C15H22O2. The molecule has 0 aromatic carbocycles. The predicted octanol–water partition coefficient (Wildman–Crippen LogP) is 3.79. The SMILES string of the molecule is C=C1[C@H]2CC[C@H](C2)[C@@]1(C)CC/C=C(/C)C(=O)O. The van der Waals surface area contributed by atoms with E-state index in [1.54, 1.807) is 6.92 Å². The topological polar surface area (TPSA) is 37.3 Å². The Morgan fingerprint density at radius 3 is 2.82 bits per heavy atom.